The van der Waals surface area contributed by atoms with Crippen molar-refractivity contribution in [3.63, 3.8) is 0 Å². The van der Waals surface area contributed by atoms with Crippen LogP contribution in [0, 0.1) is 0 Å². The second-order valence-electron chi connectivity index (χ2n) is 8.49. The quantitative estimate of drug-likeness (QED) is 0.146. The van der Waals surface area contributed by atoms with Crippen molar-refractivity contribution in [2.24, 2.45) is 0 Å². The molecule has 0 atom stereocenters. The SMILES string of the molecule is COc1cc(-c2cccc(O)c2Cl)cc(OC)c1OC.Oc1ccc(Br)cc1.Oc1ccc(Cl)cc1.Oc1cccc(Cl)c1. The zero-order valence-electron chi connectivity index (χ0n) is 23.8. The number of halogens is 4. The van der Waals surface area contributed by atoms with Crippen molar-refractivity contribution in [1.82, 2.24) is 0 Å². The summed E-state index contributed by atoms with van der Waals surface area (Å²) in [6.07, 6.45) is 0. The highest BCUT2D eigenvalue weighted by molar-refractivity contribution is 9.10. The predicted molar refractivity (Wildman–Crippen MR) is 180 cm³/mol. The Morgan fingerprint density at radius 1 is 0.545 bits per heavy atom. The Morgan fingerprint density at radius 3 is 1.48 bits per heavy atom. The first-order chi connectivity index (χ1) is 21.0. The van der Waals surface area contributed by atoms with E-state index in [0.717, 1.165) is 10.0 Å². The highest BCUT2D eigenvalue weighted by atomic mass is 79.9. The summed E-state index contributed by atoms with van der Waals surface area (Å²) in [4.78, 5) is 0. The molecule has 5 aromatic carbocycles. The maximum Gasteiger partial charge on any atom is 0.203 e. The summed E-state index contributed by atoms with van der Waals surface area (Å²) in [5.41, 5.74) is 1.45. The van der Waals surface area contributed by atoms with E-state index in [1.807, 2.05) is 6.07 Å². The molecule has 0 heterocycles. The van der Waals surface area contributed by atoms with Gasteiger partial charge in [-0.1, -0.05) is 68.9 Å². The van der Waals surface area contributed by atoms with Gasteiger partial charge in [-0.3, -0.25) is 0 Å². The van der Waals surface area contributed by atoms with E-state index >= 15 is 0 Å². The molecule has 0 fully saturated rings. The lowest BCUT2D eigenvalue weighted by Gasteiger charge is -2.15. The number of ether oxygens (including phenoxy) is 3. The molecular formula is C33H30BrCl3O7. The third kappa shape index (κ3) is 12.0. The van der Waals surface area contributed by atoms with E-state index in [1.165, 1.54) is 12.1 Å². The molecule has 0 radical (unpaired) electrons. The molecule has 44 heavy (non-hydrogen) atoms. The molecule has 0 amide bonds. The first-order valence-corrected chi connectivity index (χ1v) is 14.5. The molecule has 4 N–H and O–H groups in total. The van der Waals surface area contributed by atoms with Crippen LogP contribution >= 0.6 is 50.7 Å². The van der Waals surface area contributed by atoms with Gasteiger partial charge in [-0.25, -0.2) is 0 Å². The topological polar surface area (TPSA) is 109 Å². The normalized spacial score (nSPS) is 9.61. The van der Waals surface area contributed by atoms with Gasteiger partial charge in [0, 0.05) is 20.1 Å². The van der Waals surface area contributed by atoms with Crippen LogP contribution in [0.1, 0.15) is 0 Å². The second kappa shape index (κ2) is 18.7. The first-order valence-electron chi connectivity index (χ1n) is 12.6. The highest BCUT2D eigenvalue weighted by Gasteiger charge is 2.16. The van der Waals surface area contributed by atoms with Crippen molar-refractivity contribution in [3.05, 3.63) is 123 Å². The van der Waals surface area contributed by atoms with Gasteiger partial charge in [0.2, 0.25) is 5.75 Å². The third-order valence-corrected chi connectivity index (χ3v) is 6.83. The lowest BCUT2D eigenvalue weighted by molar-refractivity contribution is 0.324. The van der Waals surface area contributed by atoms with Gasteiger partial charge < -0.3 is 34.6 Å². The highest BCUT2D eigenvalue weighted by Crippen LogP contribution is 2.43. The van der Waals surface area contributed by atoms with E-state index in [9.17, 15) is 5.11 Å². The number of phenolic OH excluding ortho intramolecular Hbond substituents is 4. The van der Waals surface area contributed by atoms with E-state index in [1.54, 1.807) is 106 Å². The molecule has 0 aliphatic rings. The summed E-state index contributed by atoms with van der Waals surface area (Å²) < 4.78 is 16.9. The van der Waals surface area contributed by atoms with Crippen LogP contribution < -0.4 is 14.2 Å². The molecule has 7 nitrogen and oxygen atoms in total. The van der Waals surface area contributed by atoms with Gasteiger partial charge in [-0.2, -0.15) is 0 Å². The van der Waals surface area contributed by atoms with E-state index < -0.39 is 0 Å². The Balaban J connectivity index is 0.000000231. The van der Waals surface area contributed by atoms with Crippen molar-refractivity contribution < 1.29 is 34.6 Å². The molecule has 0 saturated heterocycles. The van der Waals surface area contributed by atoms with E-state index in [2.05, 4.69) is 15.9 Å². The van der Waals surface area contributed by atoms with E-state index in [-0.39, 0.29) is 22.3 Å². The minimum absolute atomic E-state index is 0.0259. The molecule has 0 aliphatic heterocycles. The predicted octanol–water partition coefficient (Wildman–Crippen LogP) is 9.98. The molecule has 11 heteroatoms. The maximum absolute atomic E-state index is 9.70. The summed E-state index contributed by atoms with van der Waals surface area (Å²) in [6.45, 7) is 0. The van der Waals surface area contributed by atoms with Gasteiger partial charge in [0.1, 0.15) is 23.0 Å². The molecule has 0 spiro atoms. The van der Waals surface area contributed by atoms with E-state index in [4.69, 9.17) is 64.3 Å². The molecule has 5 rings (SSSR count). The Kier molecular flexibility index (Phi) is 15.4. The van der Waals surface area contributed by atoms with Crippen LogP contribution in [0.25, 0.3) is 11.1 Å². The van der Waals surface area contributed by atoms with Crippen molar-refractivity contribution in [1.29, 1.82) is 0 Å². The van der Waals surface area contributed by atoms with Crippen LogP contribution in [0.2, 0.25) is 15.1 Å². The van der Waals surface area contributed by atoms with Crippen LogP contribution in [0.4, 0.5) is 0 Å². The van der Waals surface area contributed by atoms with Gasteiger partial charge in [-0.15, -0.1) is 0 Å². The zero-order chi connectivity index (χ0) is 32.6. The summed E-state index contributed by atoms with van der Waals surface area (Å²) in [7, 11) is 4.64. The molecule has 5 aromatic rings. The number of phenols is 4. The molecule has 0 aliphatic carbocycles. The third-order valence-electron chi connectivity index (χ3n) is 5.42. The summed E-state index contributed by atoms with van der Waals surface area (Å²) in [6, 6.07) is 28.3. The first kappa shape index (κ1) is 36.2. The summed E-state index contributed by atoms with van der Waals surface area (Å²) >= 11 is 20.3. The van der Waals surface area contributed by atoms with Gasteiger partial charge in [0.05, 0.1) is 26.4 Å². The van der Waals surface area contributed by atoms with Crippen LogP contribution in [0.3, 0.4) is 0 Å². The lowest BCUT2D eigenvalue weighted by Crippen LogP contribution is -1.95. The van der Waals surface area contributed by atoms with Crippen molar-refractivity contribution >= 4 is 50.7 Å². The number of hydrogen-bond donors (Lipinski definition) is 4. The van der Waals surface area contributed by atoms with Crippen LogP contribution in [0.15, 0.2) is 108 Å². The lowest BCUT2D eigenvalue weighted by atomic mass is 10.0. The average molecular weight is 725 g/mol. The number of aromatic hydroxyl groups is 4. The average Bonchev–Trinajstić information content (AvgIpc) is 3.01. The van der Waals surface area contributed by atoms with Crippen LogP contribution in [-0.4, -0.2) is 41.8 Å². The standard InChI is InChI=1S/C15H15ClO4.C6H5BrO.2C6H5ClO/c1-18-12-7-9(8-13(19-2)15(12)20-3)10-5-4-6-11(17)14(10)16;2*7-5-1-3-6(8)4-2-5;7-5-2-1-3-6(8)4-5/h4-8,17H,1-3H3;3*1-4,8H. The van der Waals surface area contributed by atoms with Gasteiger partial charge in [0.25, 0.3) is 0 Å². The Morgan fingerprint density at radius 2 is 1.07 bits per heavy atom. The smallest absolute Gasteiger partial charge is 0.203 e. The van der Waals surface area contributed by atoms with Crippen molar-refractivity contribution in [2.75, 3.05) is 21.3 Å². The molecule has 0 bridgehead atoms. The number of benzene rings is 5. The van der Waals surface area contributed by atoms with Crippen LogP contribution in [0.5, 0.6) is 40.2 Å². The molecule has 0 unspecified atom stereocenters. The molecule has 232 valence electrons. The molecule has 0 saturated carbocycles. The largest absolute Gasteiger partial charge is 0.508 e. The van der Waals surface area contributed by atoms with Gasteiger partial charge in [-0.05, 0) is 90.5 Å². The minimum Gasteiger partial charge on any atom is -0.508 e. The minimum atomic E-state index is 0.0259. The molecular weight excluding hydrogens is 695 g/mol. The summed E-state index contributed by atoms with van der Waals surface area (Å²) in [5, 5.41) is 37.3. The maximum atomic E-state index is 9.70. The number of hydrogen-bond acceptors (Lipinski definition) is 7. The van der Waals surface area contributed by atoms with Gasteiger partial charge in [0.15, 0.2) is 11.5 Å². The Labute approximate surface area is 279 Å². The van der Waals surface area contributed by atoms with E-state index in [0.29, 0.717) is 38.6 Å². The summed E-state index contributed by atoms with van der Waals surface area (Å²) in [5.74, 6) is 2.34. The zero-order valence-corrected chi connectivity index (χ0v) is 27.7. The second-order valence-corrected chi connectivity index (χ2v) is 10.7. The number of rotatable bonds is 4. The van der Waals surface area contributed by atoms with Crippen LogP contribution in [-0.2, 0) is 0 Å². The fourth-order valence-electron chi connectivity index (χ4n) is 3.34. The number of methoxy groups -OCH3 is 3. The van der Waals surface area contributed by atoms with Gasteiger partial charge >= 0.3 is 0 Å². The fourth-order valence-corrected chi connectivity index (χ4v) is 4.15. The Hall–Kier alpha value is -3.95. The fraction of sp³-hybridized carbons (Fsp3) is 0.0909. The van der Waals surface area contributed by atoms with Crippen molar-refractivity contribution in [2.45, 2.75) is 0 Å². The Bertz CT molecular complexity index is 1470. The molecule has 0 aromatic heterocycles. The monoisotopic (exact) mass is 722 g/mol. The van der Waals surface area contributed by atoms with Crippen molar-refractivity contribution in [3.8, 4) is 51.4 Å².